The minimum Gasteiger partial charge on any atom is -0.388 e. The molecule has 1 aliphatic heterocycles. The van der Waals surface area contributed by atoms with Crippen molar-refractivity contribution < 1.29 is 0 Å². The molecule has 1 saturated heterocycles. The maximum absolute atomic E-state index is 5.58. The van der Waals surface area contributed by atoms with Crippen molar-refractivity contribution in [3.63, 3.8) is 0 Å². The second kappa shape index (κ2) is 5.64. The van der Waals surface area contributed by atoms with Crippen molar-refractivity contribution in [1.29, 1.82) is 0 Å². The van der Waals surface area contributed by atoms with Gasteiger partial charge in [0, 0.05) is 12.2 Å². The highest BCUT2D eigenvalue weighted by Crippen LogP contribution is 2.23. The first-order valence-electron chi connectivity index (χ1n) is 5.62. The summed E-state index contributed by atoms with van der Waals surface area (Å²) in [7, 11) is 0. The zero-order valence-corrected chi connectivity index (χ0v) is 11.4. The van der Waals surface area contributed by atoms with Gasteiger partial charge in [-0.3, -0.25) is 0 Å². The summed E-state index contributed by atoms with van der Waals surface area (Å²) in [5.74, 6) is 3.84. The largest absolute Gasteiger partial charge is 0.388 e. The van der Waals surface area contributed by atoms with Crippen LogP contribution in [0.15, 0.2) is 6.07 Å². The Labute approximate surface area is 111 Å². The summed E-state index contributed by atoms with van der Waals surface area (Å²) in [6.45, 7) is 2.84. The summed E-state index contributed by atoms with van der Waals surface area (Å²) < 4.78 is 0. The van der Waals surface area contributed by atoms with E-state index >= 15 is 0 Å². The molecule has 17 heavy (non-hydrogen) atoms. The Morgan fingerprint density at radius 1 is 1.65 bits per heavy atom. The van der Waals surface area contributed by atoms with Gasteiger partial charge in [0.2, 0.25) is 5.95 Å². The van der Waals surface area contributed by atoms with Gasteiger partial charge in [-0.1, -0.05) is 12.2 Å². The number of thioether (sulfide) groups is 1. The predicted octanol–water partition coefficient (Wildman–Crippen LogP) is 1.58. The lowest BCUT2D eigenvalue weighted by molar-refractivity contribution is 0.628. The lowest BCUT2D eigenvalue weighted by atomic mass is 10.1. The number of aryl methyl sites for hydroxylation is 1. The van der Waals surface area contributed by atoms with Gasteiger partial charge in [-0.05, 0) is 36.8 Å². The molecule has 3 N–H and O–H groups in total. The van der Waals surface area contributed by atoms with Crippen LogP contribution in [0.2, 0.25) is 0 Å². The van der Waals surface area contributed by atoms with Crippen LogP contribution < -0.4 is 11.1 Å². The molecule has 1 aromatic rings. The Morgan fingerprint density at radius 2 is 2.47 bits per heavy atom. The minimum atomic E-state index is 0.315. The average molecular weight is 268 g/mol. The Morgan fingerprint density at radius 3 is 3.12 bits per heavy atom. The zero-order chi connectivity index (χ0) is 12.3. The van der Waals surface area contributed by atoms with E-state index in [4.69, 9.17) is 18.0 Å². The lowest BCUT2D eigenvalue weighted by Crippen LogP contribution is -2.18. The van der Waals surface area contributed by atoms with Gasteiger partial charge < -0.3 is 11.1 Å². The van der Waals surface area contributed by atoms with E-state index in [0.717, 1.165) is 18.2 Å². The van der Waals surface area contributed by atoms with Crippen molar-refractivity contribution >= 4 is 34.9 Å². The Hall–Kier alpha value is -0.880. The molecular formula is C11H16N4S2. The molecular weight excluding hydrogens is 252 g/mol. The molecule has 1 aromatic heterocycles. The average Bonchev–Trinajstić information content (AvgIpc) is 2.78. The minimum absolute atomic E-state index is 0.315. The van der Waals surface area contributed by atoms with Crippen LogP contribution >= 0.6 is 24.0 Å². The molecule has 92 valence electrons. The molecule has 0 aromatic carbocycles. The number of nitrogens with two attached hydrogens (primary N) is 1. The number of hydrogen-bond donors (Lipinski definition) is 2. The summed E-state index contributed by atoms with van der Waals surface area (Å²) in [5.41, 5.74) is 7.10. The summed E-state index contributed by atoms with van der Waals surface area (Å²) in [5, 5.41) is 3.27. The topological polar surface area (TPSA) is 63.8 Å². The molecule has 6 heteroatoms. The van der Waals surface area contributed by atoms with Crippen LogP contribution in [-0.4, -0.2) is 33.0 Å². The fourth-order valence-electron chi connectivity index (χ4n) is 1.75. The summed E-state index contributed by atoms with van der Waals surface area (Å²) in [6, 6.07) is 1.80. The molecule has 2 heterocycles. The van der Waals surface area contributed by atoms with Gasteiger partial charge >= 0.3 is 0 Å². The van der Waals surface area contributed by atoms with E-state index in [1.165, 1.54) is 17.9 Å². The van der Waals surface area contributed by atoms with Gasteiger partial charge in [0.05, 0.1) is 0 Å². The van der Waals surface area contributed by atoms with Crippen molar-refractivity contribution in [3.8, 4) is 0 Å². The maximum Gasteiger partial charge on any atom is 0.223 e. The van der Waals surface area contributed by atoms with E-state index in [0.29, 0.717) is 16.6 Å². The van der Waals surface area contributed by atoms with Gasteiger partial charge in [0.1, 0.15) is 10.7 Å². The molecule has 4 nitrogen and oxygen atoms in total. The highest BCUT2D eigenvalue weighted by Gasteiger charge is 2.15. The third-order valence-corrected chi connectivity index (χ3v) is 4.12. The molecule has 2 rings (SSSR count). The van der Waals surface area contributed by atoms with Crippen LogP contribution in [0.5, 0.6) is 0 Å². The van der Waals surface area contributed by atoms with Gasteiger partial charge in [-0.25, -0.2) is 9.97 Å². The number of anilines is 1. The van der Waals surface area contributed by atoms with Crippen LogP contribution in [-0.2, 0) is 0 Å². The van der Waals surface area contributed by atoms with Gasteiger partial charge in [0.15, 0.2) is 0 Å². The first-order valence-corrected chi connectivity index (χ1v) is 7.18. The lowest BCUT2D eigenvalue weighted by Gasteiger charge is -2.11. The summed E-state index contributed by atoms with van der Waals surface area (Å²) in [4.78, 5) is 8.95. The third kappa shape index (κ3) is 3.54. The Kier molecular flexibility index (Phi) is 4.17. The first-order chi connectivity index (χ1) is 8.15. The van der Waals surface area contributed by atoms with Gasteiger partial charge in [-0.15, -0.1) is 0 Å². The second-order valence-electron chi connectivity index (χ2n) is 4.19. The van der Waals surface area contributed by atoms with E-state index in [9.17, 15) is 0 Å². The van der Waals surface area contributed by atoms with E-state index in [-0.39, 0.29) is 0 Å². The Bertz CT molecular complexity index is 416. The Balaban J connectivity index is 2.01. The monoisotopic (exact) mass is 268 g/mol. The number of rotatable bonds is 4. The van der Waals surface area contributed by atoms with Crippen LogP contribution in [0, 0.1) is 12.8 Å². The van der Waals surface area contributed by atoms with E-state index in [2.05, 4.69) is 15.3 Å². The van der Waals surface area contributed by atoms with Crippen molar-refractivity contribution in [2.75, 3.05) is 23.4 Å². The van der Waals surface area contributed by atoms with E-state index < -0.39 is 0 Å². The fraction of sp³-hybridized carbons (Fsp3) is 0.545. The van der Waals surface area contributed by atoms with Crippen LogP contribution in [0.25, 0.3) is 0 Å². The van der Waals surface area contributed by atoms with Crippen molar-refractivity contribution in [1.82, 2.24) is 9.97 Å². The predicted molar refractivity (Wildman–Crippen MR) is 76.6 cm³/mol. The standard InChI is InChI=1S/C11H16N4S2/c1-7-4-9(10(12)16)15-11(14-7)13-5-8-2-3-17-6-8/h4,8H,2-3,5-6H2,1H3,(H2,12,16)(H,13,14,15). The number of nitrogens with one attached hydrogen (secondary N) is 1. The third-order valence-electron chi connectivity index (χ3n) is 2.68. The molecule has 0 spiro atoms. The van der Waals surface area contributed by atoms with Gasteiger partial charge in [0.25, 0.3) is 0 Å². The molecule has 0 aliphatic carbocycles. The molecule has 0 radical (unpaired) electrons. The first kappa shape index (κ1) is 12.6. The zero-order valence-electron chi connectivity index (χ0n) is 9.77. The fourth-order valence-corrected chi connectivity index (χ4v) is 3.14. The molecule has 1 aliphatic rings. The SMILES string of the molecule is Cc1cc(C(N)=S)nc(NCC2CCSC2)n1. The van der Waals surface area contributed by atoms with Crippen LogP contribution in [0.3, 0.4) is 0 Å². The molecule has 1 atom stereocenters. The second-order valence-corrected chi connectivity index (χ2v) is 5.78. The maximum atomic E-state index is 5.58. The molecule has 0 amide bonds. The molecule has 1 fully saturated rings. The van der Waals surface area contributed by atoms with Gasteiger partial charge in [-0.2, -0.15) is 11.8 Å². The normalized spacial score (nSPS) is 19.2. The molecule has 1 unspecified atom stereocenters. The quantitative estimate of drug-likeness (QED) is 0.809. The number of hydrogen-bond acceptors (Lipinski definition) is 5. The summed E-state index contributed by atoms with van der Waals surface area (Å²) in [6.07, 6.45) is 1.27. The smallest absolute Gasteiger partial charge is 0.223 e. The van der Waals surface area contributed by atoms with Crippen molar-refractivity contribution in [2.24, 2.45) is 11.7 Å². The van der Waals surface area contributed by atoms with Crippen molar-refractivity contribution in [2.45, 2.75) is 13.3 Å². The highest BCUT2D eigenvalue weighted by molar-refractivity contribution is 7.99. The number of nitrogens with zero attached hydrogens (tertiary/aromatic N) is 2. The highest BCUT2D eigenvalue weighted by atomic mass is 32.2. The number of thiocarbonyl (C=S) groups is 1. The van der Waals surface area contributed by atoms with E-state index in [1.807, 2.05) is 18.7 Å². The summed E-state index contributed by atoms with van der Waals surface area (Å²) >= 11 is 6.94. The van der Waals surface area contributed by atoms with Crippen molar-refractivity contribution in [3.05, 3.63) is 17.5 Å². The molecule has 0 bridgehead atoms. The molecule has 0 saturated carbocycles. The van der Waals surface area contributed by atoms with Crippen LogP contribution in [0.1, 0.15) is 17.8 Å². The number of aromatic nitrogens is 2. The van der Waals surface area contributed by atoms with Crippen LogP contribution in [0.4, 0.5) is 5.95 Å². The van der Waals surface area contributed by atoms with E-state index in [1.54, 1.807) is 6.07 Å².